The van der Waals surface area contributed by atoms with Crippen molar-refractivity contribution in [2.45, 2.75) is 54.9 Å². The maximum atomic E-state index is 14.9. The van der Waals surface area contributed by atoms with Crippen LogP contribution in [-0.2, 0) is 19.5 Å². The minimum Gasteiger partial charge on any atom is -0.346 e. The number of hydrogen-bond acceptors (Lipinski definition) is 5. The van der Waals surface area contributed by atoms with Gasteiger partial charge >= 0.3 is 0 Å². The van der Waals surface area contributed by atoms with Gasteiger partial charge in [0.2, 0.25) is 10.0 Å². The van der Waals surface area contributed by atoms with E-state index in [1.807, 2.05) is 0 Å². The number of hydrogen-bond donors (Lipinski definition) is 0. The average Bonchev–Trinajstić information content (AvgIpc) is 3.30. The number of benzene rings is 1. The Morgan fingerprint density at radius 3 is 2.52 bits per heavy atom. The molecule has 0 amide bonds. The summed E-state index contributed by atoms with van der Waals surface area (Å²) >= 11 is 0. The van der Waals surface area contributed by atoms with Crippen LogP contribution in [0.1, 0.15) is 44.0 Å². The Morgan fingerprint density at radius 1 is 1.07 bits per heavy atom. The van der Waals surface area contributed by atoms with E-state index in [1.54, 1.807) is 10.4 Å². The highest BCUT2D eigenvalue weighted by molar-refractivity contribution is 7.89. The Hall–Kier alpha value is -1.06. The Labute approximate surface area is 159 Å². The molecule has 148 valence electrons. The first-order valence-electron chi connectivity index (χ1n) is 9.82. The second-order valence-corrected chi connectivity index (χ2v) is 9.82. The topological polar surface area (TPSA) is 59.1 Å². The van der Waals surface area contributed by atoms with Crippen LogP contribution in [0, 0.1) is 5.82 Å². The standard InChI is InChI=1S/C19H25FN2O4S/c20-15-13-14(18-25-11-12-26-18)4-5-16(15)27(23,24)22-10-9-21-8-1-3-17(21)19(22)6-2-7-19/h4-5,13,17-18H,1-3,6-12H2. The van der Waals surface area contributed by atoms with Crippen molar-refractivity contribution in [1.29, 1.82) is 0 Å². The van der Waals surface area contributed by atoms with E-state index in [4.69, 9.17) is 9.47 Å². The van der Waals surface area contributed by atoms with Crippen molar-refractivity contribution in [2.24, 2.45) is 0 Å². The summed E-state index contributed by atoms with van der Waals surface area (Å²) in [7, 11) is -3.89. The number of piperazine rings is 1. The van der Waals surface area contributed by atoms with Gasteiger partial charge in [-0.2, -0.15) is 4.31 Å². The van der Waals surface area contributed by atoms with Gasteiger partial charge in [0, 0.05) is 24.7 Å². The summed E-state index contributed by atoms with van der Waals surface area (Å²) in [5.41, 5.74) is 0.166. The molecule has 27 heavy (non-hydrogen) atoms. The zero-order valence-corrected chi connectivity index (χ0v) is 16.1. The van der Waals surface area contributed by atoms with Crippen LogP contribution in [0.5, 0.6) is 0 Å². The lowest BCUT2D eigenvalue weighted by Gasteiger charge is -2.58. The van der Waals surface area contributed by atoms with Gasteiger partial charge in [-0.15, -0.1) is 0 Å². The van der Waals surface area contributed by atoms with E-state index in [-0.39, 0.29) is 16.5 Å². The van der Waals surface area contributed by atoms with Crippen molar-refractivity contribution >= 4 is 10.0 Å². The first kappa shape index (κ1) is 18.0. The third-order valence-corrected chi connectivity index (χ3v) is 8.72. The summed E-state index contributed by atoms with van der Waals surface area (Å²) in [5, 5.41) is 0. The minimum atomic E-state index is -3.89. The second-order valence-electron chi connectivity index (χ2n) is 7.99. The molecule has 0 aromatic heterocycles. The number of halogens is 1. The first-order chi connectivity index (χ1) is 13.0. The van der Waals surface area contributed by atoms with Crippen LogP contribution in [0.15, 0.2) is 23.1 Å². The predicted molar refractivity (Wildman–Crippen MR) is 96.1 cm³/mol. The summed E-state index contributed by atoms with van der Waals surface area (Å²) in [6.07, 6.45) is 4.31. The van der Waals surface area contributed by atoms with Crippen molar-refractivity contribution in [3.05, 3.63) is 29.6 Å². The maximum Gasteiger partial charge on any atom is 0.246 e. The van der Waals surface area contributed by atoms with Crippen LogP contribution in [0.4, 0.5) is 4.39 Å². The van der Waals surface area contributed by atoms with Gasteiger partial charge in [-0.25, -0.2) is 12.8 Å². The minimum absolute atomic E-state index is 0.234. The molecule has 1 spiro atoms. The lowest BCUT2D eigenvalue weighted by atomic mass is 9.69. The number of sulfonamides is 1. The lowest BCUT2D eigenvalue weighted by Crippen LogP contribution is -2.70. The van der Waals surface area contributed by atoms with E-state index in [1.165, 1.54) is 12.1 Å². The molecule has 4 fully saturated rings. The number of nitrogens with zero attached hydrogens (tertiary/aromatic N) is 2. The molecule has 0 bridgehead atoms. The van der Waals surface area contributed by atoms with E-state index >= 15 is 0 Å². The molecule has 8 heteroatoms. The Balaban J connectivity index is 1.49. The summed E-state index contributed by atoms with van der Waals surface area (Å²) in [6, 6.07) is 4.49. The molecule has 0 radical (unpaired) electrons. The molecule has 1 saturated carbocycles. The van der Waals surface area contributed by atoms with Crippen molar-refractivity contribution in [3.63, 3.8) is 0 Å². The fourth-order valence-corrected chi connectivity index (χ4v) is 7.22. The van der Waals surface area contributed by atoms with Crippen molar-refractivity contribution in [3.8, 4) is 0 Å². The third kappa shape index (κ3) is 2.68. The van der Waals surface area contributed by atoms with Crippen molar-refractivity contribution < 1.29 is 22.3 Å². The zero-order valence-electron chi connectivity index (χ0n) is 15.3. The Morgan fingerprint density at radius 2 is 1.85 bits per heavy atom. The molecular weight excluding hydrogens is 371 g/mol. The molecule has 3 heterocycles. The molecule has 6 nitrogen and oxygen atoms in total. The van der Waals surface area contributed by atoms with Gasteiger partial charge in [0.1, 0.15) is 10.7 Å². The highest BCUT2D eigenvalue weighted by atomic mass is 32.2. The molecule has 1 aromatic carbocycles. The highest BCUT2D eigenvalue weighted by Crippen LogP contribution is 2.50. The van der Waals surface area contributed by atoms with Gasteiger partial charge in [-0.3, -0.25) is 4.90 Å². The lowest BCUT2D eigenvalue weighted by molar-refractivity contribution is -0.0444. The summed E-state index contributed by atoms with van der Waals surface area (Å²) in [6.45, 7) is 3.13. The molecule has 1 atom stereocenters. The second kappa shape index (κ2) is 6.49. The largest absolute Gasteiger partial charge is 0.346 e. The van der Waals surface area contributed by atoms with Crippen molar-refractivity contribution in [1.82, 2.24) is 9.21 Å². The number of rotatable bonds is 3. The molecule has 1 aliphatic carbocycles. The zero-order chi connectivity index (χ0) is 18.6. The predicted octanol–water partition coefficient (Wildman–Crippen LogP) is 2.26. The van der Waals surface area contributed by atoms with Gasteiger partial charge in [-0.1, -0.05) is 6.07 Å². The van der Waals surface area contributed by atoms with E-state index < -0.39 is 22.1 Å². The molecular formula is C19H25FN2O4S. The smallest absolute Gasteiger partial charge is 0.246 e. The molecule has 1 aromatic rings. The van der Waals surface area contributed by atoms with Crippen LogP contribution in [0.25, 0.3) is 0 Å². The fraction of sp³-hybridized carbons (Fsp3) is 0.684. The number of fused-ring (bicyclic) bond motifs is 2. The van der Waals surface area contributed by atoms with Gasteiger partial charge in [0.15, 0.2) is 6.29 Å². The van der Waals surface area contributed by atoms with Crippen LogP contribution in [-0.4, -0.2) is 62.1 Å². The molecule has 1 unspecified atom stereocenters. The molecule has 0 N–H and O–H groups in total. The van der Waals surface area contributed by atoms with E-state index in [2.05, 4.69) is 4.90 Å². The normalized spacial score (nSPS) is 29.1. The maximum absolute atomic E-state index is 14.9. The SMILES string of the molecule is O=S(=O)(c1ccc(C2OCCO2)cc1F)N1CCN2CCCC2C12CCC2. The number of ether oxygens (including phenoxy) is 2. The van der Waals surface area contributed by atoms with Crippen LogP contribution in [0.2, 0.25) is 0 Å². The van der Waals surface area contributed by atoms with E-state index in [0.29, 0.717) is 25.3 Å². The monoisotopic (exact) mass is 396 g/mol. The van der Waals surface area contributed by atoms with Crippen LogP contribution in [0.3, 0.4) is 0 Å². The molecule has 3 saturated heterocycles. The average molecular weight is 396 g/mol. The quantitative estimate of drug-likeness (QED) is 0.785. The van der Waals surface area contributed by atoms with Crippen LogP contribution >= 0.6 is 0 Å². The Bertz CT molecular complexity index is 836. The molecule has 5 rings (SSSR count). The fourth-order valence-electron chi connectivity index (χ4n) is 5.33. The molecule has 3 aliphatic heterocycles. The molecule has 4 aliphatic rings. The first-order valence-corrected chi connectivity index (χ1v) is 11.3. The van der Waals surface area contributed by atoms with Gasteiger partial charge in [-0.05, 0) is 50.8 Å². The summed E-state index contributed by atoms with van der Waals surface area (Å²) in [4.78, 5) is 2.20. The van der Waals surface area contributed by atoms with Gasteiger partial charge in [0.25, 0.3) is 0 Å². The van der Waals surface area contributed by atoms with Gasteiger partial charge in [0.05, 0.1) is 18.8 Å². The van der Waals surface area contributed by atoms with E-state index in [9.17, 15) is 12.8 Å². The van der Waals surface area contributed by atoms with Crippen LogP contribution < -0.4 is 0 Å². The highest BCUT2D eigenvalue weighted by Gasteiger charge is 2.58. The van der Waals surface area contributed by atoms with E-state index in [0.717, 1.165) is 45.2 Å². The Kier molecular flexibility index (Phi) is 4.32. The van der Waals surface area contributed by atoms with Gasteiger partial charge < -0.3 is 9.47 Å². The third-order valence-electron chi connectivity index (χ3n) is 6.71. The van der Waals surface area contributed by atoms with Crippen molar-refractivity contribution in [2.75, 3.05) is 32.8 Å². The summed E-state index contributed by atoms with van der Waals surface area (Å²) in [5.74, 6) is -0.727. The summed E-state index contributed by atoms with van der Waals surface area (Å²) < 4.78 is 54.2.